The molecule has 0 radical (unpaired) electrons. The first kappa shape index (κ1) is 14.0. The van der Waals surface area contributed by atoms with Crippen LogP contribution in [0.5, 0.6) is 0 Å². The average Bonchev–Trinajstić information content (AvgIpc) is 2.93. The fourth-order valence-electron chi connectivity index (χ4n) is 2.24. The SMILES string of the molecule is OC[C@H]1O[C@@H](n2cnc3c(Cl)cc(Cl)nc32)[C@@H](O)C1O. The van der Waals surface area contributed by atoms with Crippen molar-refractivity contribution in [1.29, 1.82) is 0 Å². The molecule has 108 valence electrons. The molecule has 0 amide bonds. The Morgan fingerprint density at radius 1 is 1.30 bits per heavy atom. The second kappa shape index (κ2) is 5.10. The monoisotopic (exact) mass is 319 g/mol. The highest BCUT2D eigenvalue weighted by Crippen LogP contribution is 2.33. The Bertz CT molecular complexity index is 650. The van der Waals surface area contributed by atoms with Gasteiger partial charge in [-0.2, -0.15) is 0 Å². The lowest BCUT2D eigenvalue weighted by atomic mass is 10.1. The maximum absolute atomic E-state index is 10.0. The van der Waals surface area contributed by atoms with Gasteiger partial charge in [0.25, 0.3) is 0 Å². The van der Waals surface area contributed by atoms with Gasteiger partial charge in [-0.05, 0) is 6.07 Å². The van der Waals surface area contributed by atoms with Crippen molar-refractivity contribution in [2.75, 3.05) is 6.61 Å². The minimum atomic E-state index is -1.22. The third kappa shape index (κ3) is 2.07. The predicted octanol–water partition coefficient (Wildman–Crippen LogP) is 0.350. The Kier molecular flexibility index (Phi) is 3.57. The average molecular weight is 320 g/mol. The van der Waals surface area contributed by atoms with Gasteiger partial charge in [0.1, 0.15) is 29.0 Å². The van der Waals surface area contributed by atoms with Crippen molar-refractivity contribution in [2.45, 2.75) is 24.5 Å². The first-order valence-corrected chi connectivity index (χ1v) is 6.59. The first-order chi connectivity index (χ1) is 9.52. The Balaban J connectivity index is 2.07. The van der Waals surface area contributed by atoms with Gasteiger partial charge in [-0.1, -0.05) is 23.2 Å². The van der Waals surface area contributed by atoms with Crippen molar-refractivity contribution in [3.05, 3.63) is 22.6 Å². The lowest BCUT2D eigenvalue weighted by Gasteiger charge is -2.16. The maximum atomic E-state index is 10.0. The third-order valence-corrected chi connectivity index (χ3v) is 3.73. The first-order valence-electron chi connectivity index (χ1n) is 5.84. The number of ether oxygens (including phenoxy) is 1. The van der Waals surface area contributed by atoms with E-state index in [1.165, 1.54) is 17.0 Å². The predicted molar refractivity (Wildman–Crippen MR) is 70.6 cm³/mol. The van der Waals surface area contributed by atoms with Crippen molar-refractivity contribution in [1.82, 2.24) is 14.5 Å². The van der Waals surface area contributed by atoms with Crippen molar-refractivity contribution < 1.29 is 20.1 Å². The molecule has 0 aromatic carbocycles. The molecule has 0 aliphatic carbocycles. The minimum Gasteiger partial charge on any atom is -0.394 e. The molecular formula is C11H11Cl2N3O4. The molecule has 3 rings (SSSR count). The van der Waals surface area contributed by atoms with Gasteiger partial charge >= 0.3 is 0 Å². The zero-order valence-electron chi connectivity index (χ0n) is 10.0. The van der Waals surface area contributed by atoms with Crippen molar-refractivity contribution in [3.63, 3.8) is 0 Å². The fraction of sp³-hybridized carbons (Fsp3) is 0.455. The van der Waals surface area contributed by atoms with E-state index in [0.29, 0.717) is 16.2 Å². The van der Waals surface area contributed by atoms with Gasteiger partial charge in [-0.15, -0.1) is 0 Å². The lowest BCUT2D eigenvalue weighted by Crippen LogP contribution is -2.33. The molecule has 3 heterocycles. The number of imidazole rings is 1. The Labute approximate surface area is 123 Å². The van der Waals surface area contributed by atoms with Gasteiger partial charge in [0, 0.05) is 0 Å². The van der Waals surface area contributed by atoms with Crippen LogP contribution in [0.3, 0.4) is 0 Å². The fourth-order valence-corrected chi connectivity index (χ4v) is 2.72. The van der Waals surface area contributed by atoms with Crippen LogP contribution in [0, 0.1) is 0 Å². The molecule has 0 spiro atoms. The van der Waals surface area contributed by atoms with Crippen molar-refractivity contribution >= 4 is 34.4 Å². The summed E-state index contributed by atoms with van der Waals surface area (Å²) in [6.45, 7) is -0.406. The Morgan fingerprint density at radius 3 is 2.70 bits per heavy atom. The van der Waals surface area contributed by atoms with Crippen LogP contribution in [0.4, 0.5) is 0 Å². The topological polar surface area (TPSA) is 101 Å². The molecule has 7 nitrogen and oxygen atoms in total. The largest absolute Gasteiger partial charge is 0.394 e. The maximum Gasteiger partial charge on any atom is 0.165 e. The number of pyridine rings is 1. The van der Waals surface area contributed by atoms with E-state index in [-0.39, 0.29) is 5.15 Å². The highest BCUT2D eigenvalue weighted by Gasteiger charge is 2.43. The zero-order valence-corrected chi connectivity index (χ0v) is 11.5. The molecule has 1 saturated heterocycles. The number of aliphatic hydroxyl groups excluding tert-OH is 3. The van der Waals surface area contributed by atoms with E-state index >= 15 is 0 Å². The molecular weight excluding hydrogens is 309 g/mol. The molecule has 9 heteroatoms. The molecule has 1 unspecified atom stereocenters. The number of aliphatic hydroxyl groups is 3. The normalized spacial score (nSPS) is 30.2. The summed E-state index contributed by atoms with van der Waals surface area (Å²) in [5, 5.41) is 29.4. The van der Waals surface area contributed by atoms with E-state index < -0.39 is 31.1 Å². The Hall–Kier alpha value is -0.960. The van der Waals surface area contributed by atoms with Gasteiger partial charge in [0.15, 0.2) is 11.9 Å². The standard InChI is InChI=1S/C11H11Cl2N3O4/c12-4-1-6(13)15-10-7(4)14-3-16(10)11-9(19)8(18)5(2-17)20-11/h1,3,5,8-9,11,17-19H,2H2/t5-,8?,9+,11-/m1/s1. The highest BCUT2D eigenvalue weighted by atomic mass is 35.5. The van der Waals surface area contributed by atoms with Crippen molar-refractivity contribution in [3.8, 4) is 0 Å². The summed E-state index contributed by atoms with van der Waals surface area (Å²) in [6.07, 6.45) is -2.82. The third-order valence-electron chi connectivity index (χ3n) is 3.24. The molecule has 1 aliphatic rings. The van der Waals surface area contributed by atoms with Gasteiger partial charge in [0.2, 0.25) is 0 Å². The second-order valence-corrected chi connectivity index (χ2v) is 5.27. The van der Waals surface area contributed by atoms with Gasteiger partial charge < -0.3 is 20.1 Å². The van der Waals surface area contributed by atoms with E-state index in [9.17, 15) is 10.2 Å². The summed E-state index contributed by atoms with van der Waals surface area (Å²) in [4.78, 5) is 8.19. The number of hydrogen-bond acceptors (Lipinski definition) is 6. The molecule has 0 bridgehead atoms. The van der Waals surface area contributed by atoms with Crippen LogP contribution >= 0.6 is 23.2 Å². The molecule has 0 saturated carbocycles. The summed E-state index contributed by atoms with van der Waals surface area (Å²) < 4.78 is 6.84. The highest BCUT2D eigenvalue weighted by molar-refractivity contribution is 6.37. The summed E-state index contributed by atoms with van der Waals surface area (Å²) in [6, 6.07) is 1.46. The number of aromatic nitrogens is 3. The molecule has 2 aromatic heterocycles. The van der Waals surface area contributed by atoms with Gasteiger partial charge in [-0.25, -0.2) is 9.97 Å². The van der Waals surface area contributed by atoms with E-state index in [2.05, 4.69) is 9.97 Å². The van der Waals surface area contributed by atoms with E-state index in [4.69, 9.17) is 33.0 Å². The van der Waals surface area contributed by atoms with Crippen LogP contribution in [-0.4, -0.2) is 54.8 Å². The molecule has 1 aliphatic heterocycles. The van der Waals surface area contributed by atoms with Crippen LogP contribution in [0.25, 0.3) is 11.2 Å². The van der Waals surface area contributed by atoms with Gasteiger partial charge in [0.05, 0.1) is 18.0 Å². The van der Waals surface area contributed by atoms with Crippen LogP contribution in [0.15, 0.2) is 12.4 Å². The smallest absolute Gasteiger partial charge is 0.165 e. The van der Waals surface area contributed by atoms with Crippen LogP contribution in [0.2, 0.25) is 10.2 Å². The summed E-state index contributed by atoms with van der Waals surface area (Å²) in [7, 11) is 0. The number of halogens is 2. The van der Waals surface area contributed by atoms with Crippen LogP contribution < -0.4 is 0 Å². The van der Waals surface area contributed by atoms with Crippen LogP contribution in [0.1, 0.15) is 6.23 Å². The molecule has 4 atom stereocenters. The minimum absolute atomic E-state index is 0.177. The van der Waals surface area contributed by atoms with E-state index in [0.717, 1.165) is 0 Å². The number of rotatable bonds is 2. The molecule has 1 fully saturated rings. The van der Waals surface area contributed by atoms with Gasteiger partial charge in [-0.3, -0.25) is 4.57 Å². The Morgan fingerprint density at radius 2 is 2.05 bits per heavy atom. The number of hydrogen-bond donors (Lipinski definition) is 3. The molecule has 3 N–H and O–H groups in total. The summed E-state index contributed by atoms with van der Waals surface area (Å²) in [5.74, 6) is 0. The number of fused-ring (bicyclic) bond motifs is 1. The molecule has 2 aromatic rings. The lowest BCUT2D eigenvalue weighted by molar-refractivity contribution is -0.0511. The van der Waals surface area contributed by atoms with E-state index in [1.54, 1.807) is 0 Å². The van der Waals surface area contributed by atoms with Crippen LogP contribution in [-0.2, 0) is 4.74 Å². The zero-order chi connectivity index (χ0) is 14.4. The summed E-state index contributed by atoms with van der Waals surface area (Å²) >= 11 is 11.9. The second-order valence-electron chi connectivity index (χ2n) is 4.48. The summed E-state index contributed by atoms with van der Waals surface area (Å²) in [5.41, 5.74) is 0.742. The molecule has 20 heavy (non-hydrogen) atoms. The quantitative estimate of drug-likeness (QED) is 0.690. The van der Waals surface area contributed by atoms with E-state index in [1.807, 2.05) is 0 Å². The van der Waals surface area contributed by atoms with Crippen molar-refractivity contribution in [2.24, 2.45) is 0 Å². The number of nitrogens with zero attached hydrogens (tertiary/aromatic N) is 3.